The molecule has 0 aliphatic rings. The molecule has 0 amide bonds. The van der Waals surface area contributed by atoms with Crippen LogP contribution in [0.3, 0.4) is 0 Å². The molecule has 65 heavy (non-hydrogen) atoms. The maximum Gasteiger partial charge on any atom is 0.149 e. The predicted octanol–water partition coefficient (Wildman–Crippen LogP) is 16.5. The molecule has 0 atom stereocenters. The van der Waals surface area contributed by atoms with Crippen molar-refractivity contribution in [2.45, 2.75) is 85.7 Å². The fraction of sp³-hybridized carbons (Fsp3) is 0.213. The molecular weight excluding hydrogens is 791 g/mol. The lowest BCUT2D eigenvalue weighted by atomic mass is 9.80. The fourth-order valence-corrected chi connectivity index (χ4v) is 9.01. The normalized spacial score (nSPS) is 15.1. The number of aromatic hydroxyl groups is 1. The van der Waals surface area contributed by atoms with E-state index in [4.69, 9.17) is 22.3 Å². The van der Waals surface area contributed by atoms with Crippen LogP contribution in [-0.4, -0.2) is 19.6 Å². The van der Waals surface area contributed by atoms with E-state index in [1.54, 1.807) is 24.4 Å². The quantitative estimate of drug-likeness (QED) is 0.166. The van der Waals surface area contributed by atoms with Gasteiger partial charge in [-0.3, -0.25) is 9.55 Å². The Morgan fingerprint density at radius 1 is 0.585 bits per heavy atom. The third kappa shape index (κ3) is 8.42. The van der Waals surface area contributed by atoms with Gasteiger partial charge in [-0.25, -0.2) is 4.98 Å². The van der Waals surface area contributed by atoms with Gasteiger partial charge in [0.2, 0.25) is 0 Å². The second-order valence-electron chi connectivity index (χ2n) is 18.4. The third-order valence-electron chi connectivity index (χ3n) is 12.3. The van der Waals surface area contributed by atoms with Gasteiger partial charge in [-0.05, 0) is 152 Å². The van der Waals surface area contributed by atoms with Crippen LogP contribution in [-0.2, 0) is 10.8 Å². The average molecular weight is 860 g/mol. The van der Waals surface area contributed by atoms with Crippen LogP contribution >= 0.6 is 0 Å². The van der Waals surface area contributed by atoms with E-state index in [1.807, 2.05) is 100 Å². The zero-order valence-corrected chi connectivity index (χ0v) is 37.9. The van der Waals surface area contributed by atoms with Crippen molar-refractivity contribution in [2.75, 3.05) is 0 Å². The van der Waals surface area contributed by atoms with Crippen molar-refractivity contribution in [3.8, 4) is 78.6 Å². The second-order valence-corrected chi connectivity index (χ2v) is 18.4. The van der Waals surface area contributed by atoms with Gasteiger partial charge < -0.3 is 5.11 Å². The van der Waals surface area contributed by atoms with Crippen molar-refractivity contribution >= 4 is 11.0 Å². The fourth-order valence-electron chi connectivity index (χ4n) is 9.01. The van der Waals surface area contributed by atoms with E-state index in [-0.39, 0.29) is 16.7 Å². The van der Waals surface area contributed by atoms with Crippen LogP contribution in [0.2, 0.25) is 0 Å². The van der Waals surface area contributed by atoms with Gasteiger partial charge in [0.1, 0.15) is 11.6 Å². The van der Waals surface area contributed by atoms with E-state index in [9.17, 15) is 6.48 Å². The lowest BCUT2D eigenvalue weighted by Crippen LogP contribution is -2.13. The number of nitrogens with zero attached hydrogens (tertiary/aromatic N) is 3. The first-order valence-electron chi connectivity index (χ1n) is 27.0. The molecule has 0 radical (unpaired) electrons. The van der Waals surface area contributed by atoms with E-state index < -0.39 is 31.9 Å². The highest BCUT2D eigenvalue weighted by atomic mass is 16.3. The van der Waals surface area contributed by atoms with Gasteiger partial charge in [0, 0.05) is 36.7 Å². The number of imidazole rings is 1. The summed E-state index contributed by atoms with van der Waals surface area (Å²) in [6.45, 7) is 4.16. The van der Waals surface area contributed by atoms with E-state index >= 15 is 0 Å². The average Bonchev–Trinajstić information content (AvgIpc) is 3.74. The van der Waals surface area contributed by atoms with Gasteiger partial charge in [-0.2, -0.15) is 0 Å². The molecule has 0 aliphatic carbocycles. The largest absolute Gasteiger partial charge is 0.507 e. The zero-order valence-electron chi connectivity index (χ0n) is 47.9. The molecule has 0 aliphatic heterocycles. The highest BCUT2D eigenvalue weighted by Gasteiger charge is 2.25. The highest BCUT2D eigenvalue weighted by molar-refractivity contribution is 5.98. The van der Waals surface area contributed by atoms with E-state index in [2.05, 4.69) is 79.9 Å². The van der Waals surface area contributed by atoms with Gasteiger partial charge in [-0.1, -0.05) is 158 Å². The van der Waals surface area contributed by atoms with E-state index in [0.717, 1.165) is 61.3 Å². The predicted molar refractivity (Wildman–Crippen MR) is 274 cm³/mol. The number of pyridine rings is 1. The van der Waals surface area contributed by atoms with Crippen molar-refractivity contribution in [2.24, 2.45) is 0 Å². The lowest BCUT2D eigenvalue weighted by Gasteiger charge is -2.25. The van der Waals surface area contributed by atoms with Crippen LogP contribution < -0.4 is 0 Å². The minimum atomic E-state index is -3.38. The molecule has 324 valence electrons. The molecule has 9 rings (SSSR count). The first kappa shape index (κ1) is 32.6. The summed E-state index contributed by atoms with van der Waals surface area (Å²) in [6.07, 6.45) is 1.66. The molecule has 0 spiro atoms. The summed E-state index contributed by atoms with van der Waals surface area (Å²) in [5, 5.41) is 11.9. The second kappa shape index (κ2) is 16.8. The van der Waals surface area contributed by atoms with Gasteiger partial charge in [0.25, 0.3) is 0 Å². The Labute approximate surface area is 399 Å². The molecule has 9 aromatic rings. The molecule has 4 heteroatoms. The molecule has 2 heterocycles. The molecule has 0 saturated heterocycles. The van der Waals surface area contributed by atoms with Crippen molar-refractivity contribution in [3.63, 3.8) is 0 Å². The molecule has 1 N–H and O–H groups in total. The van der Waals surface area contributed by atoms with Gasteiger partial charge in [-0.15, -0.1) is 0 Å². The monoisotopic (exact) mass is 860 g/mol. The van der Waals surface area contributed by atoms with Crippen LogP contribution in [0.25, 0.3) is 83.9 Å². The number of para-hydroxylation sites is 1. The Morgan fingerprint density at radius 3 is 2.02 bits per heavy atom. The van der Waals surface area contributed by atoms with Crippen molar-refractivity contribution in [1.82, 2.24) is 14.5 Å². The maximum absolute atomic E-state index is 11.9. The highest BCUT2D eigenvalue weighted by Crippen LogP contribution is 2.43. The smallest absolute Gasteiger partial charge is 0.149 e. The Hall–Kier alpha value is -7.04. The first-order chi connectivity index (χ1) is 35.1. The van der Waals surface area contributed by atoms with Crippen LogP contribution in [0, 0.1) is 13.8 Å². The number of aryl methyl sites for hydroxylation is 2. The minimum Gasteiger partial charge on any atom is -0.507 e. The van der Waals surface area contributed by atoms with Gasteiger partial charge in [0.15, 0.2) is 0 Å². The summed E-state index contributed by atoms with van der Waals surface area (Å²) < 4.78 is 85.5. The standard InChI is InChI=1S/C61H59N3O/c1-38(2)52-37-48(27-28-50(52)51-19-14-15-21-54(51)61(8,9)10)64-56-22-16-20-49(57(56)63-59(64)53-32-39(3)31-40(4)58(53)65)45-33-44(41-17-12-11-13-18-41)34-46(35-45)55-36-43(29-30-62-55)42-23-25-47(26-24-42)60(5,6)7/h11-38,65H,1-10H3/i5D3,6D3,7D3,38D. The molecular formula is C61H59N3O. The Morgan fingerprint density at radius 2 is 1.28 bits per heavy atom. The number of phenolic OH excluding ortho intramolecular Hbond substituents is 1. The first-order valence-corrected chi connectivity index (χ1v) is 22.0. The molecule has 0 bridgehead atoms. The van der Waals surface area contributed by atoms with Crippen LogP contribution in [0.4, 0.5) is 0 Å². The molecule has 7 aromatic carbocycles. The molecule has 4 nitrogen and oxygen atoms in total. The minimum absolute atomic E-state index is 0.121. The number of fused-ring (bicyclic) bond motifs is 1. The van der Waals surface area contributed by atoms with Crippen molar-refractivity contribution < 1.29 is 18.8 Å². The van der Waals surface area contributed by atoms with E-state index in [0.29, 0.717) is 39.3 Å². The molecule has 0 saturated carbocycles. The number of hydrogen-bond acceptors (Lipinski definition) is 3. The molecule has 2 aromatic heterocycles. The Bertz CT molecular complexity index is 3580. The topological polar surface area (TPSA) is 50.9 Å². The molecule has 0 unspecified atom stereocenters. The zero-order chi connectivity index (χ0) is 54.2. The van der Waals surface area contributed by atoms with Crippen LogP contribution in [0.15, 0.2) is 164 Å². The van der Waals surface area contributed by atoms with E-state index in [1.165, 1.54) is 17.7 Å². The summed E-state index contributed by atoms with van der Waals surface area (Å²) in [5.74, 6) is -0.351. The number of aromatic nitrogens is 3. The lowest BCUT2D eigenvalue weighted by molar-refractivity contribution is 0.472. The Balaban J connectivity index is 1.24. The summed E-state index contributed by atoms with van der Waals surface area (Å²) in [7, 11) is 0. The van der Waals surface area contributed by atoms with Gasteiger partial charge in [0.05, 0.1) is 22.3 Å². The number of phenols is 1. The summed E-state index contributed by atoms with van der Waals surface area (Å²) in [4.78, 5) is 10.3. The summed E-state index contributed by atoms with van der Waals surface area (Å²) >= 11 is 0. The number of hydrogen-bond donors (Lipinski definition) is 1. The Kier molecular flexibility index (Phi) is 8.44. The molecule has 0 fully saturated rings. The van der Waals surface area contributed by atoms with Crippen molar-refractivity contribution in [1.29, 1.82) is 0 Å². The SMILES string of the molecule is [2H]C(C)(C)c1cc(-n2c(-c3cc(C)cc(C)c3O)nc3c(-c4cc(-c5ccccc5)cc(-c5cc(-c6ccc(C(C([2H])([2H])[2H])(C([2H])([2H])[2H])C([2H])([2H])[2H])cc6)ccn5)c4)cccc32)ccc1-c1ccccc1C(C)(C)C. The summed E-state index contributed by atoms with van der Waals surface area (Å²) in [5.41, 5.74) is 11.1. The third-order valence-corrected chi connectivity index (χ3v) is 12.3. The number of rotatable bonds is 8. The van der Waals surface area contributed by atoms with Crippen LogP contribution in [0.5, 0.6) is 5.75 Å². The van der Waals surface area contributed by atoms with Crippen LogP contribution in [0.1, 0.15) is 103 Å². The van der Waals surface area contributed by atoms with Gasteiger partial charge >= 0.3 is 0 Å². The van der Waals surface area contributed by atoms with Crippen molar-refractivity contribution in [3.05, 3.63) is 192 Å². The summed E-state index contributed by atoms with van der Waals surface area (Å²) in [6, 6.07) is 50.2. The number of benzene rings is 7. The maximum atomic E-state index is 11.9.